The molecule has 2 aromatic rings. The standard InChI is InChI=1S/C27H35ClFN3O4S/c1-3-24(27(34)30-22-9-4-5-10-22)31(19-20-14-16-21(28)17-15-20)26(33)13-8-18-32(37(2,35)36)25-12-7-6-11-23(25)29/h6-7,11-12,14-17,22,24H,3-5,8-10,13,18-19H2,1-2H3,(H,30,34). The number of benzene rings is 2. The van der Waals surface area contributed by atoms with Gasteiger partial charge in [-0.3, -0.25) is 13.9 Å². The van der Waals surface area contributed by atoms with Crippen molar-refractivity contribution in [2.45, 2.75) is 70.5 Å². The van der Waals surface area contributed by atoms with E-state index in [1.165, 1.54) is 18.2 Å². The van der Waals surface area contributed by atoms with Crippen LogP contribution >= 0.6 is 11.6 Å². The minimum Gasteiger partial charge on any atom is -0.352 e. The Balaban J connectivity index is 1.76. The van der Waals surface area contributed by atoms with Gasteiger partial charge in [-0.15, -0.1) is 0 Å². The molecule has 1 fully saturated rings. The van der Waals surface area contributed by atoms with Crippen molar-refractivity contribution < 1.29 is 22.4 Å². The lowest BCUT2D eigenvalue weighted by atomic mass is 10.1. The van der Waals surface area contributed by atoms with Gasteiger partial charge in [0.25, 0.3) is 0 Å². The molecule has 10 heteroatoms. The van der Waals surface area contributed by atoms with Gasteiger partial charge in [-0.25, -0.2) is 12.8 Å². The maximum absolute atomic E-state index is 14.3. The maximum atomic E-state index is 14.3. The molecule has 1 unspecified atom stereocenters. The molecule has 0 aromatic heterocycles. The highest BCUT2D eigenvalue weighted by atomic mass is 35.5. The van der Waals surface area contributed by atoms with Crippen LogP contribution in [0.2, 0.25) is 5.02 Å². The van der Waals surface area contributed by atoms with Crippen LogP contribution in [-0.2, 0) is 26.2 Å². The first kappa shape index (κ1) is 28.9. The molecule has 0 spiro atoms. The van der Waals surface area contributed by atoms with E-state index in [1.807, 2.05) is 19.1 Å². The number of nitrogens with one attached hydrogen (secondary N) is 1. The first-order valence-electron chi connectivity index (χ1n) is 12.7. The first-order chi connectivity index (χ1) is 17.6. The lowest BCUT2D eigenvalue weighted by molar-refractivity contribution is -0.141. The third-order valence-electron chi connectivity index (χ3n) is 6.63. The molecule has 7 nitrogen and oxygen atoms in total. The van der Waals surface area contributed by atoms with Gasteiger partial charge in [0.2, 0.25) is 21.8 Å². The highest BCUT2D eigenvalue weighted by Gasteiger charge is 2.31. The zero-order chi connectivity index (χ0) is 27.0. The van der Waals surface area contributed by atoms with Crippen molar-refractivity contribution in [3.05, 3.63) is 64.9 Å². The number of hydrogen-bond donors (Lipinski definition) is 1. The third kappa shape index (κ3) is 8.17. The molecule has 0 heterocycles. The lowest BCUT2D eigenvalue weighted by Gasteiger charge is -2.32. The topological polar surface area (TPSA) is 86.8 Å². The van der Waals surface area contributed by atoms with Crippen LogP contribution in [0.4, 0.5) is 10.1 Å². The van der Waals surface area contributed by atoms with Crippen molar-refractivity contribution in [3.63, 3.8) is 0 Å². The van der Waals surface area contributed by atoms with E-state index >= 15 is 0 Å². The monoisotopic (exact) mass is 551 g/mol. The molecule has 0 aliphatic heterocycles. The van der Waals surface area contributed by atoms with Gasteiger partial charge in [-0.05, 0) is 55.5 Å². The lowest BCUT2D eigenvalue weighted by Crippen LogP contribution is -2.51. The van der Waals surface area contributed by atoms with Crippen LogP contribution in [0.1, 0.15) is 57.4 Å². The summed E-state index contributed by atoms with van der Waals surface area (Å²) < 4.78 is 40.0. The highest BCUT2D eigenvalue weighted by molar-refractivity contribution is 7.92. The zero-order valence-corrected chi connectivity index (χ0v) is 22.9. The van der Waals surface area contributed by atoms with E-state index < -0.39 is 21.9 Å². The predicted octanol–water partition coefficient (Wildman–Crippen LogP) is 4.89. The first-order valence-corrected chi connectivity index (χ1v) is 14.9. The van der Waals surface area contributed by atoms with Gasteiger partial charge in [-0.1, -0.05) is 55.6 Å². The molecule has 1 aliphatic carbocycles. The summed E-state index contributed by atoms with van der Waals surface area (Å²) in [6.45, 7) is 2.02. The second kappa shape index (κ2) is 13.2. The smallest absolute Gasteiger partial charge is 0.243 e. The summed E-state index contributed by atoms with van der Waals surface area (Å²) >= 11 is 6.02. The zero-order valence-electron chi connectivity index (χ0n) is 21.3. The van der Waals surface area contributed by atoms with Crippen molar-refractivity contribution in [3.8, 4) is 0 Å². The van der Waals surface area contributed by atoms with Gasteiger partial charge >= 0.3 is 0 Å². The summed E-state index contributed by atoms with van der Waals surface area (Å²) in [6.07, 6.45) is 5.63. The number of nitrogens with zero attached hydrogens (tertiary/aromatic N) is 2. The molecular formula is C27H35ClFN3O4S. The largest absolute Gasteiger partial charge is 0.352 e. The van der Waals surface area contributed by atoms with Crippen LogP contribution in [0.25, 0.3) is 0 Å². The van der Waals surface area contributed by atoms with Crippen LogP contribution in [-0.4, -0.2) is 50.0 Å². The second-order valence-corrected chi connectivity index (χ2v) is 11.8. The molecule has 1 saturated carbocycles. The molecule has 0 saturated heterocycles. The number of anilines is 1. The molecule has 37 heavy (non-hydrogen) atoms. The van der Waals surface area contributed by atoms with Gasteiger partial charge in [0.15, 0.2) is 0 Å². The van der Waals surface area contributed by atoms with E-state index in [1.54, 1.807) is 23.1 Å². The number of hydrogen-bond acceptors (Lipinski definition) is 4. The Morgan fingerprint density at radius 2 is 1.76 bits per heavy atom. The number of carbonyl (C=O) groups excluding carboxylic acids is 2. The predicted molar refractivity (Wildman–Crippen MR) is 144 cm³/mol. The van der Waals surface area contributed by atoms with Crippen LogP contribution in [0.5, 0.6) is 0 Å². The Labute approximate surface area is 224 Å². The van der Waals surface area contributed by atoms with E-state index in [2.05, 4.69) is 5.32 Å². The highest BCUT2D eigenvalue weighted by Crippen LogP contribution is 2.23. The summed E-state index contributed by atoms with van der Waals surface area (Å²) in [5.74, 6) is -1.11. The van der Waals surface area contributed by atoms with Gasteiger partial charge in [0.05, 0.1) is 11.9 Å². The van der Waals surface area contributed by atoms with Gasteiger partial charge < -0.3 is 10.2 Å². The Hall–Kier alpha value is -2.65. The molecule has 0 bridgehead atoms. The summed E-state index contributed by atoms with van der Waals surface area (Å²) in [5.41, 5.74) is 0.770. The molecule has 2 amide bonds. The van der Waals surface area contributed by atoms with Crippen LogP contribution in [0.15, 0.2) is 48.5 Å². The van der Waals surface area contributed by atoms with E-state index in [-0.39, 0.29) is 49.5 Å². The SMILES string of the molecule is CCC(C(=O)NC1CCCC1)N(Cc1ccc(Cl)cc1)C(=O)CCCN(c1ccccc1F)S(C)(=O)=O. The average Bonchev–Trinajstić information content (AvgIpc) is 3.36. The van der Waals surface area contributed by atoms with Crippen molar-refractivity contribution in [2.24, 2.45) is 0 Å². The fraction of sp³-hybridized carbons (Fsp3) is 0.481. The molecule has 0 radical (unpaired) electrons. The Bertz CT molecular complexity index is 1170. The molecule has 202 valence electrons. The fourth-order valence-corrected chi connectivity index (χ4v) is 5.80. The number of carbonyl (C=O) groups is 2. The summed E-state index contributed by atoms with van der Waals surface area (Å²) in [6, 6.07) is 12.2. The van der Waals surface area contributed by atoms with E-state index in [0.29, 0.717) is 11.4 Å². The van der Waals surface area contributed by atoms with Crippen LogP contribution in [0, 0.1) is 5.82 Å². The molecular weight excluding hydrogens is 517 g/mol. The van der Waals surface area contributed by atoms with Crippen molar-refractivity contribution in [2.75, 3.05) is 17.1 Å². The average molecular weight is 552 g/mol. The number of sulfonamides is 1. The second-order valence-electron chi connectivity index (χ2n) is 9.45. The molecule has 2 aromatic carbocycles. The van der Waals surface area contributed by atoms with Crippen LogP contribution < -0.4 is 9.62 Å². The Morgan fingerprint density at radius 3 is 2.35 bits per heavy atom. The summed E-state index contributed by atoms with van der Waals surface area (Å²) in [4.78, 5) is 28.2. The molecule has 1 N–H and O–H groups in total. The summed E-state index contributed by atoms with van der Waals surface area (Å²) in [7, 11) is -3.77. The third-order valence-corrected chi connectivity index (χ3v) is 8.06. The summed E-state index contributed by atoms with van der Waals surface area (Å²) in [5, 5.41) is 3.67. The van der Waals surface area contributed by atoms with Crippen molar-refractivity contribution in [1.29, 1.82) is 0 Å². The van der Waals surface area contributed by atoms with Crippen LogP contribution in [0.3, 0.4) is 0 Å². The van der Waals surface area contributed by atoms with E-state index in [0.717, 1.165) is 41.8 Å². The maximum Gasteiger partial charge on any atom is 0.243 e. The Kier molecular flexibility index (Phi) is 10.3. The minimum absolute atomic E-state index is 0.00126. The van der Waals surface area contributed by atoms with Crippen molar-refractivity contribution >= 4 is 39.1 Å². The number of rotatable bonds is 12. The normalized spacial score (nSPS) is 14.8. The minimum atomic E-state index is -3.77. The molecule has 3 rings (SSSR count). The Morgan fingerprint density at radius 1 is 1.11 bits per heavy atom. The van der Waals surface area contributed by atoms with E-state index in [4.69, 9.17) is 11.6 Å². The van der Waals surface area contributed by atoms with Gasteiger partial charge in [0.1, 0.15) is 11.9 Å². The molecule has 1 atom stereocenters. The van der Waals surface area contributed by atoms with Gasteiger partial charge in [-0.2, -0.15) is 0 Å². The fourth-order valence-electron chi connectivity index (χ4n) is 4.71. The number of para-hydroxylation sites is 1. The quantitative estimate of drug-likeness (QED) is 0.407. The van der Waals surface area contributed by atoms with E-state index in [9.17, 15) is 22.4 Å². The number of amides is 2. The van der Waals surface area contributed by atoms with Crippen molar-refractivity contribution in [1.82, 2.24) is 10.2 Å². The number of halogens is 2. The van der Waals surface area contributed by atoms with Gasteiger partial charge in [0, 0.05) is 30.6 Å². The molecule has 1 aliphatic rings.